The first-order valence-electron chi connectivity index (χ1n) is 6.51. The third-order valence-electron chi connectivity index (χ3n) is 3.66. The largest absolute Gasteiger partial charge is 0.481 e. The van der Waals surface area contributed by atoms with Gasteiger partial charge in [0.1, 0.15) is 17.8 Å². The number of rotatable bonds is 4. The van der Waals surface area contributed by atoms with Gasteiger partial charge in [0.2, 0.25) is 0 Å². The number of likely N-dealkylation sites (tertiary alicyclic amines) is 1. The van der Waals surface area contributed by atoms with E-state index in [0.717, 1.165) is 0 Å². The van der Waals surface area contributed by atoms with Crippen LogP contribution in [0.2, 0.25) is 0 Å². The van der Waals surface area contributed by atoms with Crippen molar-refractivity contribution < 1.29 is 23.8 Å². The molecule has 1 amide bonds. The van der Waals surface area contributed by atoms with E-state index in [1.54, 1.807) is 0 Å². The van der Waals surface area contributed by atoms with Gasteiger partial charge in [0.05, 0.1) is 0 Å². The predicted octanol–water partition coefficient (Wildman–Crippen LogP) is 2.18. The number of hydrogen-bond donors (Lipinski definition) is 1. The highest BCUT2D eigenvalue weighted by Crippen LogP contribution is 2.35. The monoisotopic (exact) mass is 293 g/mol. The summed E-state index contributed by atoms with van der Waals surface area (Å²) in [6, 6.07) is 5.33. The van der Waals surface area contributed by atoms with Crippen LogP contribution in [0.3, 0.4) is 0 Å². The smallest absolute Gasteiger partial charge is 0.410 e. The Bertz CT molecular complexity index is 557. The van der Waals surface area contributed by atoms with E-state index in [1.807, 2.05) is 0 Å². The molecular formula is C15H16FNO4. The standard InChI is InChI=1S/C15H16FNO4/c1-2-9-21-14(20)17-8-7-15(10-17,13(18)19)11-3-5-12(16)6-4-11/h2-6H,1,7-10H2,(H,18,19). The normalized spacial score (nSPS) is 21.1. The highest BCUT2D eigenvalue weighted by molar-refractivity contribution is 5.84. The summed E-state index contributed by atoms with van der Waals surface area (Å²) >= 11 is 0. The maximum Gasteiger partial charge on any atom is 0.410 e. The number of amides is 1. The molecule has 2 rings (SSSR count). The van der Waals surface area contributed by atoms with Crippen LogP contribution in [0.1, 0.15) is 12.0 Å². The molecule has 1 heterocycles. The minimum absolute atomic E-state index is 0.00391. The first-order valence-corrected chi connectivity index (χ1v) is 6.51. The number of ether oxygens (including phenoxy) is 1. The maximum atomic E-state index is 13.0. The Morgan fingerprint density at radius 2 is 2.10 bits per heavy atom. The van der Waals surface area contributed by atoms with Gasteiger partial charge in [0.25, 0.3) is 0 Å². The molecule has 21 heavy (non-hydrogen) atoms. The van der Waals surface area contributed by atoms with Crippen molar-refractivity contribution in [2.24, 2.45) is 0 Å². The van der Waals surface area contributed by atoms with E-state index in [9.17, 15) is 19.1 Å². The average Bonchev–Trinajstić information content (AvgIpc) is 2.92. The van der Waals surface area contributed by atoms with Crippen molar-refractivity contribution in [1.82, 2.24) is 4.90 Å². The van der Waals surface area contributed by atoms with Crippen molar-refractivity contribution >= 4 is 12.1 Å². The molecule has 0 radical (unpaired) electrons. The fourth-order valence-corrected chi connectivity index (χ4v) is 2.49. The molecular weight excluding hydrogens is 277 g/mol. The van der Waals surface area contributed by atoms with Gasteiger partial charge in [-0.05, 0) is 24.1 Å². The molecule has 112 valence electrons. The van der Waals surface area contributed by atoms with Gasteiger partial charge in [-0.25, -0.2) is 9.18 Å². The fourth-order valence-electron chi connectivity index (χ4n) is 2.49. The van der Waals surface area contributed by atoms with Crippen LogP contribution in [-0.4, -0.2) is 41.8 Å². The van der Waals surface area contributed by atoms with E-state index in [2.05, 4.69) is 6.58 Å². The number of nitrogens with zero attached hydrogens (tertiary/aromatic N) is 1. The van der Waals surface area contributed by atoms with Crippen LogP contribution in [-0.2, 0) is 14.9 Å². The lowest BCUT2D eigenvalue weighted by atomic mass is 9.80. The molecule has 0 aliphatic carbocycles. The second-order valence-electron chi connectivity index (χ2n) is 4.93. The minimum Gasteiger partial charge on any atom is -0.481 e. The second kappa shape index (κ2) is 5.95. The van der Waals surface area contributed by atoms with Crippen LogP contribution in [0.4, 0.5) is 9.18 Å². The molecule has 1 saturated heterocycles. The number of halogens is 1. The third kappa shape index (κ3) is 2.89. The Morgan fingerprint density at radius 1 is 1.43 bits per heavy atom. The average molecular weight is 293 g/mol. The first kappa shape index (κ1) is 15.0. The molecule has 0 bridgehead atoms. The van der Waals surface area contributed by atoms with Crippen molar-refractivity contribution in [3.05, 3.63) is 48.3 Å². The Hall–Kier alpha value is -2.37. The van der Waals surface area contributed by atoms with E-state index in [-0.39, 0.29) is 26.1 Å². The molecule has 1 N–H and O–H groups in total. The van der Waals surface area contributed by atoms with Gasteiger partial charge in [-0.3, -0.25) is 4.79 Å². The zero-order valence-corrected chi connectivity index (χ0v) is 11.4. The van der Waals surface area contributed by atoms with Crippen LogP contribution in [0.15, 0.2) is 36.9 Å². The van der Waals surface area contributed by atoms with Crippen molar-refractivity contribution in [3.63, 3.8) is 0 Å². The fraction of sp³-hybridized carbons (Fsp3) is 0.333. The van der Waals surface area contributed by atoms with Crippen molar-refractivity contribution in [3.8, 4) is 0 Å². The molecule has 1 atom stereocenters. The molecule has 1 aliphatic rings. The summed E-state index contributed by atoms with van der Waals surface area (Å²) in [4.78, 5) is 24.9. The van der Waals surface area contributed by atoms with Crippen LogP contribution in [0.5, 0.6) is 0 Å². The van der Waals surface area contributed by atoms with Crippen LogP contribution >= 0.6 is 0 Å². The van der Waals surface area contributed by atoms with Crippen molar-refractivity contribution in [2.45, 2.75) is 11.8 Å². The topological polar surface area (TPSA) is 66.8 Å². The zero-order chi connectivity index (χ0) is 15.5. The number of carbonyl (C=O) groups excluding carboxylic acids is 1. The summed E-state index contributed by atoms with van der Waals surface area (Å²) in [7, 11) is 0. The number of carboxylic acids is 1. The van der Waals surface area contributed by atoms with Crippen LogP contribution < -0.4 is 0 Å². The van der Waals surface area contributed by atoms with E-state index in [0.29, 0.717) is 5.56 Å². The molecule has 1 aromatic carbocycles. The van der Waals surface area contributed by atoms with Crippen LogP contribution in [0.25, 0.3) is 0 Å². The lowest BCUT2D eigenvalue weighted by molar-refractivity contribution is -0.143. The van der Waals surface area contributed by atoms with Crippen molar-refractivity contribution in [1.29, 1.82) is 0 Å². The summed E-state index contributed by atoms with van der Waals surface area (Å²) in [6.07, 6.45) is 1.13. The van der Waals surface area contributed by atoms with Crippen molar-refractivity contribution in [2.75, 3.05) is 19.7 Å². The molecule has 0 aromatic heterocycles. The number of aliphatic carboxylic acids is 1. The molecule has 0 spiro atoms. The summed E-state index contributed by atoms with van der Waals surface area (Å²) in [5.41, 5.74) is -0.739. The van der Waals surface area contributed by atoms with Gasteiger partial charge in [0.15, 0.2) is 0 Å². The van der Waals surface area contributed by atoms with Gasteiger partial charge < -0.3 is 14.7 Å². The molecule has 1 unspecified atom stereocenters. The van der Waals surface area contributed by atoms with E-state index >= 15 is 0 Å². The summed E-state index contributed by atoms with van der Waals surface area (Å²) in [5.74, 6) is -1.47. The Balaban J connectivity index is 2.22. The Labute approximate surface area is 121 Å². The van der Waals surface area contributed by atoms with Gasteiger partial charge in [0, 0.05) is 13.1 Å². The summed E-state index contributed by atoms with van der Waals surface area (Å²) in [5, 5.41) is 9.57. The molecule has 6 heteroatoms. The quantitative estimate of drug-likeness (QED) is 0.864. The predicted molar refractivity (Wildman–Crippen MR) is 73.4 cm³/mol. The molecule has 5 nitrogen and oxygen atoms in total. The number of hydrogen-bond acceptors (Lipinski definition) is 3. The Kier molecular flexibility index (Phi) is 4.26. The highest BCUT2D eigenvalue weighted by atomic mass is 19.1. The number of carbonyl (C=O) groups is 2. The lowest BCUT2D eigenvalue weighted by Crippen LogP contribution is -2.40. The summed E-state index contributed by atoms with van der Waals surface area (Å²) in [6.45, 7) is 3.80. The van der Waals surface area contributed by atoms with Gasteiger partial charge >= 0.3 is 12.1 Å². The number of carboxylic acid groups (broad SMARTS) is 1. The second-order valence-corrected chi connectivity index (χ2v) is 4.93. The lowest BCUT2D eigenvalue weighted by Gasteiger charge is -2.25. The third-order valence-corrected chi connectivity index (χ3v) is 3.66. The Morgan fingerprint density at radius 3 is 2.67 bits per heavy atom. The maximum absolute atomic E-state index is 13.0. The van der Waals surface area contributed by atoms with E-state index < -0.39 is 23.3 Å². The number of benzene rings is 1. The highest BCUT2D eigenvalue weighted by Gasteiger charge is 2.48. The molecule has 0 saturated carbocycles. The first-order chi connectivity index (χ1) is 9.99. The van der Waals surface area contributed by atoms with E-state index in [1.165, 1.54) is 35.2 Å². The minimum atomic E-state index is -1.22. The SMILES string of the molecule is C=CCOC(=O)N1CCC(C(=O)O)(c2ccc(F)cc2)C1. The van der Waals surface area contributed by atoms with Gasteiger partial charge in [-0.2, -0.15) is 0 Å². The van der Waals surface area contributed by atoms with Crippen LogP contribution in [0, 0.1) is 5.82 Å². The molecule has 1 aliphatic heterocycles. The van der Waals surface area contributed by atoms with E-state index in [4.69, 9.17) is 4.74 Å². The summed E-state index contributed by atoms with van der Waals surface area (Å²) < 4.78 is 17.9. The van der Waals surface area contributed by atoms with Gasteiger partial charge in [-0.1, -0.05) is 24.8 Å². The zero-order valence-electron chi connectivity index (χ0n) is 11.4. The van der Waals surface area contributed by atoms with Gasteiger partial charge in [-0.15, -0.1) is 0 Å². The molecule has 1 fully saturated rings. The molecule has 1 aromatic rings.